The summed E-state index contributed by atoms with van der Waals surface area (Å²) in [6.07, 6.45) is 1.11. The number of halogens is 1. The molecule has 18 heavy (non-hydrogen) atoms. The molecule has 0 aliphatic rings. The standard InChI is InChI=1S/C15H18BrNS/c1-3-14(17-4-2)11-6-5-7-12(10-11)15-13(16)8-9-18-15/h5-10,14,17H,3-4H2,1-2H3. The van der Waals surface area contributed by atoms with Gasteiger partial charge in [-0.15, -0.1) is 11.3 Å². The van der Waals surface area contributed by atoms with Crippen LogP contribution in [0.15, 0.2) is 40.2 Å². The molecular formula is C15H18BrNS. The SMILES string of the molecule is CCNC(CC)c1cccc(-c2sccc2Br)c1. The van der Waals surface area contributed by atoms with E-state index in [0.29, 0.717) is 6.04 Å². The van der Waals surface area contributed by atoms with Gasteiger partial charge in [0.25, 0.3) is 0 Å². The molecule has 1 atom stereocenters. The van der Waals surface area contributed by atoms with Crippen LogP contribution in [-0.4, -0.2) is 6.54 Å². The Balaban J connectivity index is 2.33. The molecule has 0 fully saturated rings. The van der Waals surface area contributed by atoms with E-state index >= 15 is 0 Å². The van der Waals surface area contributed by atoms with Crippen molar-refractivity contribution < 1.29 is 0 Å². The number of benzene rings is 1. The lowest BCUT2D eigenvalue weighted by atomic mass is 10.0. The molecule has 3 heteroatoms. The van der Waals surface area contributed by atoms with E-state index in [1.54, 1.807) is 11.3 Å². The van der Waals surface area contributed by atoms with E-state index in [1.807, 2.05) is 0 Å². The topological polar surface area (TPSA) is 12.0 Å². The van der Waals surface area contributed by atoms with Crippen molar-refractivity contribution in [2.24, 2.45) is 0 Å². The molecule has 96 valence electrons. The van der Waals surface area contributed by atoms with Gasteiger partial charge in [-0.3, -0.25) is 0 Å². The van der Waals surface area contributed by atoms with Crippen molar-refractivity contribution in [3.63, 3.8) is 0 Å². The molecule has 1 N–H and O–H groups in total. The highest BCUT2D eigenvalue weighted by Crippen LogP contribution is 2.34. The Bertz CT molecular complexity index is 507. The summed E-state index contributed by atoms with van der Waals surface area (Å²) in [4.78, 5) is 1.31. The molecule has 0 aliphatic heterocycles. The fourth-order valence-corrected chi connectivity index (χ4v) is 3.74. The largest absolute Gasteiger partial charge is 0.310 e. The lowest BCUT2D eigenvalue weighted by molar-refractivity contribution is 0.537. The zero-order chi connectivity index (χ0) is 13.0. The first-order chi connectivity index (χ1) is 8.76. The fraction of sp³-hybridized carbons (Fsp3) is 0.333. The van der Waals surface area contributed by atoms with E-state index in [-0.39, 0.29) is 0 Å². The molecule has 0 aliphatic carbocycles. The van der Waals surface area contributed by atoms with Crippen molar-refractivity contribution in [2.75, 3.05) is 6.54 Å². The van der Waals surface area contributed by atoms with Crippen LogP contribution >= 0.6 is 27.3 Å². The highest BCUT2D eigenvalue weighted by molar-refractivity contribution is 9.10. The summed E-state index contributed by atoms with van der Waals surface area (Å²) in [5.41, 5.74) is 2.67. The maximum atomic E-state index is 3.61. The smallest absolute Gasteiger partial charge is 0.0484 e. The lowest BCUT2D eigenvalue weighted by Crippen LogP contribution is -2.19. The molecular weight excluding hydrogens is 306 g/mol. The number of nitrogens with one attached hydrogen (secondary N) is 1. The van der Waals surface area contributed by atoms with Gasteiger partial charge in [-0.25, -0.2) is 0 Å². The van der Waals surface area contributed by atoms with E-state index < -0.39 is 0 Å². The minimum Gasteiger partial charge on any atom is -0.310 e. The molecule has 2 aromatic rings. The van der Waals surface area contributed by atoms with Gasteiger partial charge in [0.15, 0.2) is 0 Å². The molecule has 0 amide bonds. The minimum atomic E-state index is 0.452. The quantitative estimate of drug-likeness (QED) is 0.793. The second-order valence-electron chi connectivity index (χ2n) is 4.24. The van der Waals surface area contributed by atoms with Crippen LogP contribution in [0.2, 0.25) is 0 Å². The van der Waals surface area contributed by atoms with Crippen molar-refractivity contribution in [1.82, 2.24) is 5.32 Å². The number of rotatable bonds is 5. The third kappa shape index (κ3) is 3.02. The molecule has 0 saturated heterocycles. The molecule has 1 heterocycles. The summed E-state index contributed by atoms with van der Waals surface area (Å²) in [7, 11) is 0. The summed E-state index contributed by atoms with van der Waals surface area (Å²) >= 11 is 5.38. The first-order valence-electron chi connectivity index (χ1n) is 6.33. The molecule has 1 nitrogen and oxygen atoms in total. The highest BCUT2D eigenvalue weighted by atomic mass is 79.9. The normalized spacial score (nSPS) is 12.6. The average molecular weight is 324 g/mol. The summed E-state index contributed by atoms with van der Waals surface area (Å²) in [6.45, 7) is 5.38. The summed E-state index contributed by atoms with van der Waals surface area (Å²) in [6, 6.07) is 11.4. The number of thiophene rings is 1. The number of hydrogen-bond donors (Lipinski definition) is 1. The highest BCUT2D eigenvalue weighted by Gasteiger charge is 2.10. The van der Waals surface area contributed by atoms with Crippen molar-refractivity contribution in [2.45, 2.75) is 26.3 Å². The Kier molecular flexibility index (Phi) is 4.98. The monoisotopic (exact) mass is 323 g/mol. The lowest BCUT2D eigenvalue weighted by Gasteiger charge is -2.17. The zero-order valence-corrected chi connectivity index (χ0v) is 13.1. The van der Waals surface area contributed by atoms with E-state index in [0.717, 1.165) is 13.0 Å². The predicted octanol–water partition coefficient (Wildman–Crippen LogP) is 5.24. The van der Waals surface area contributed by atoms with Gasteiger partial charge in [0.2, 0.25) is 0 Å². The summed E-state index contributed by atoms with van der Waals surface area (Å²) < 4.78 is 1.18. The first kappa shape index (κ1) is 13.8. The van der Waals surface area contributed by atoms with E-state index in [9.17, 15) is 0 Å². The van der Waals surface area contributed by atoms with Crippen LogP contribution in [0.1, 0.15) is 31.9 Å². The predicted molar refractivity (Wildman–Crippen MR) is 84.2 cm³/mol. The molecule has 0 bridgehead atoms. The second kappa shape index (κ2) is 6.50. The Morgan fingerprint density at radius 1 is 1.28 bits per heavy atom. The van der Waals surface area contributed by atoms with Gasteiger partial charge in [0.05, 0.1) is 0 Å². The molecule has 0 radical (unpaired) electrons. The molecule has 1 unspecified atom stereocenters. The summed E-state index contributed by atoms with van der Waals surface area (Å²) in [5, 5.41) is 5.65. The van der Waals surface area contributed by atoms with Crippen molar-refractivity contribution >= 4 is 27.3 Å². The third-order valence-electron chi connectivity index (χ3n) is 3.03. The van der Waals surface area contributed by atoms with Crippen molar-refractivity contribution in [3.8, 4) is 10.4 Å². The van der Waals surface area contributed by atoms with E-state index in [2.05, 4.69) is 70.8 Å². The van der Waals surface area contributed by atoms with Gasteiger partial charge in [-0.2, -0.15) is 0 Å². The molecule has 0 spiro atoms. The summed E-state index contributed by atoms with van der Waals surface area (Å²) in [5.74, 6) is 0. The first-order valence-corrected chi connectivity index (χ1v) is 8.00. The minimum absolute atomic E-state index is 0.452. The van der Waals surface area contributed by atoms with Crippen LogP contribution in [0.4, 0.5) is 0 Å². The third-order valence-corrected chi connectivity index (χ3v) is 4.91. The van der Waals surface area contributed by atoms with Crippen LogP contribution in [-0.2, 0) is 0 Å². The Morgan fingerprint density at radius 3 is 2.72 bits per heavy atom. The Hall–Kier alpha value is -0.640. The van der Waals surface area contributed by atoms with Crippen LogP contribution < -0.4 is 5.32 Å². The number of hydrogen-bond acceptors (Lipinski definition) is 2. The van der Waals surface area contributed by atoms with Gasteiger partial charge >= 0.3 is 0 Å². The van der Waals surface area contributed by atoms with Crippen LogP contribution in [0.3, 0.4) is 0 Å². The maximum absolute atomic E-state index is 3.61. The van der Waals surface area contributed by atoms with Crippen LogP contribution in [0.25, 0.3) is 10.4 Å². The van der Waals surface area contributed by atoms with Crippen molar-refractivity contribution in [1.29, 1.82) is 0 Å². The van der Waals surface area contributed by atoms with Crippen LogP contribution in [0.5, 0.6) is 0 Å². The fourth-order valence-electron chi connectivity index (χ4n) is 2.14. The van der Waals surface area contributed by atoms with Crippen LogP contribution in [0, 0.1) is 0 Å². The van der Waals surface area contributed by atoms with E-state index in [4.69, 9.17) is 0 Å². The van der Waals surface area contributed by atoms with Gasteiger partial charge in [0, 0.05) is 15.4 Å². The average Bonchev–Trinajstić information content (AvgIpc) is 2.82. The van der Waals surface area contributed by atoms with Gasteiger partial charge < -0.3 is 5.32 Å². The molecule has 1 aromatic carbocycles. The van der Waals surface area contributed by atoms with Crippen molar-refractivity contribution in [3.05, 3.63) is 45.7 Å². The molecule has 0 saturated carbocycles. The van der Waals surface area contributed by atoms with Gasteiger partial charge in [0.1, 0.15) is 0 Å². The second-order valence-corrected chi connectivity index (χ2v) is 6.01. The Morgan fingerprint density at radius 2 is 2.11 bits per heavy atom. The molecule has 2 rings (SSSR count). The zero-order valence-electron chi connectivity index (χ0n) is 10.7. The van der Waals surface area contributed by atoms with E-state index in [1.165, 1.54) is 20.5 Å². The van der Waals surface area contributed by atoms with Gasteiger partial charge in [-0.1, -0.05) is 32.0 Å². The Labute approximate surface area is 121 Å². The van der Waals surface area contributed by atoms with Gasteiger partial charge in [-0.05, 0) is 57.5 Å². The molecule has 1 aromatic heterocycles. The maximum Gasteiger partial charge on any atom is 0.0484 e.